The van der Waals surface area contributed by atoms with Crippen molar-refractivity contribution in [3.05, 3.63) is 48.7 Å². The molecule has 18 heavy (non-hydrogen) atoms. The lowest BCUT2D eigenvalue weighted by Gasteiger charge is -1.98. The summed E-state index contributed by atoms with van der Waals surface area (Å²) in [5.41, 5.74) is 4.25. The van der Waals surface area contributed by atoms with Crippen molar-refractivity contribution in [2.75, 3.05) is 0 Å². The Morgan fingerprint density at radius 3 is 2.72 bits per heavy atom. The zero-order valence-electron chi connectivity index (χ0n) is 9.42. The number of nitrogens with zero attached hydrogens (tertiary/aromatic N) is 2. The van der Waals surface area contributed by atoms with E-state index in [1.807, 2.05) is 24.4 Å². The summed E-state index contributed by atoms with van der Waals surface area (Å²) in [6.07, 6.45) is 1.91. The fraction of sp³-hybridized carbons (Fsp3) is 0. The van der Waals surface area contributed by atoms with Crippen LogP contribution in [0.15, 0.2) is 48.7 Å². The van der Waals surface area contributed by atoms with Gasteiger partial charge in [0, 0.05) is 34.3 Å². The fourth-order valence-electron chi connectivity index (χ4n) is 2.27. The van der Waals surface area contributed by atoms with Crippen LogP contribution in [-0.4, -0.2) is 13.7 Å². The van der Waals surface area contributed by atoms with Gasteiger partial charge in [-0.2, -0.15) is 4.37 Å². The van der Waals surface area contributed by atoms with E-state index in [1.54, 1.807) is 0 Å². The Kier molecular flexibility index (Phi) is 1.98. The standard InChI is InChI=1S/C14H9N3S/c1-2-4-9(5-3-1)13-10-6-7-12-14(17-18-16-12)11(10)8-15-13/h1-8,16H. The molecule has 86 valence electrons. The van der Waals surface area contributed by atoms with Gasteiger partial charge in [-0.15, -0.1) is 0 Å². The molecule has 0 aliphatic rings. The van der Waals surface area contributed by atoms with Crippen LogP contribution in [0.3, 0.4) is 0 Å². The molecule has 0 saturated carbocycles. The lowest BCUT2D eigenvalue weighted by atomic mass is 10.1. The van der Waals surface area contributed by atoms with E-state index in [1.165, 1.54) is 11.7 Å². The molecule has 1 N–H and O–H groups in total. The van der Waals surface area contributed by atoms with Crippen LogP contribution >= 0.6 is 11.7 Å². The smallest absolute Gasteiger partial charge is 0.111 e. The van der Waals surface area contributed by atoms with E-state index >= 15 is 0 Å². The first-order valence-electron chi connectivity index (χ1n) is 5.70. The van der Waals surface area contributed by atoms with Gasteiger partial charge in [0.15, 0.2) is 0 Å². The van der Waals surface area contributed by atoms with E-state index in [0.717, 1.165) is 33.1 Å². The first-order valence-corrected chi connectivity index (χ1v) is 6.48. The summed E-state index contributed by atoms with van der Waals surface area (Å²) in [5, 5.41) is 2.27. The summed E-state index contributed by atoms with van der Waals surface area (Å²) in [7, 11) is 0. The second kappa shape index (κ2) is 3.65. The quantitative estimate of drug-likeness (QED) is 0.558. The number of H-pyrrole nitrogens is 1. The van der Waals surface area contributed by atoms with E-state index < -0.39 is 0 Å². The van der Waals surface area contributed by atoms with E-state index in [2.05, 4.69) is 38.0 Å². The average molecular weight is 251 g/mol. The third-order valence-electron chi connectivity index (χ3n) is 3.13. The lowest BCUT2D eigenvalue weighted by molar-refractivity contribution is 1.41. The maximum Gasteiger partial charge on any atom is 0.111 e. The van der Waals surface area contributed by atoms with Gasteiger partial charge in [0.25, 0.3) is 0 Å². The molecule has 2 aromatic carbocycles. The molecule has 4 aromatic rings. The second-order valence-electron chi connectivity index (χ2n) is 4.18. The lowest BCUT2D eigenvalue weighted by Crippen LogP contribution is -1.77. The Hall–Kier alpha value is -2.20. The number of aromatic nitrogens is 3. The van der Waals surface area contributed by atoms with Crippen molar-refractivity contribution in [2.45, 2.75) is 0 Å². The number of fused-ring (bicyclic) bond motifs is 3. The van der Waals surface area contributed by atoms with Crippen LogP contribution in [0.1, 0.15) is 0 Å². The second-order valence-corrected chi connectivity index (χ2v) is 4.75. The zero-order valence-corrected chi connectivity index (χ0v) is 10.2. The summed E-state index contributed by atoms with van der Waals surface area (Å²) in [6, 6.07) is 14.4. The van der Waals surface area contributed by atoms with Gasteiger partial charge in [-0.05, 0) is 12.1 Å². The van der Waals surface area contributed by atoms with Gasteiger partial charge in [0.1, 0.15) is 5.52 Å². The molecular weight excluding hydrogens is 242 g/mol. The van der Waals surface area contributed by atoms with Crippen LogP contribution < -0.4 is 0 Å². The van der Waals surface area contributed by atoms with Crippen molar-refractivity contribution in [1.29, 1.82) is 0 Å². The maximum absolute atomic E-state index is 4.55. The van der Waals surface area contributed by atoms with Gasteiger partial charge in [0.2, 0.25) is 0 Å². The Morgan fingerprint density at radius 1 is 0.944 bits per heavy atom. The topological polar surface area (TPSA) is 41.6 Å². The van der Waals surface area contributed by atoms with E-state index in [9.17, 15) is 0 Å². The van der Waals surface area contributed by atoms with Crippen molar-refractivity contribution in [3.8, 4) is 11.3 Å². The number of aromatic amines is 1. The minimum absolute atomic E-state index is 1.01. The van der Waals surface area contributed by atoms with Crippen molar-refractivity contribution in [2.24, 2.45) is 0 Å². The molecule has 0 aliphatic heterocycles. The summed E-state index contributed by atoms with van der Waals surface area (Å²) in [5.74, 6) is 0. The predicted octanol–water partition coefficient (Wildman–Crippen LogP) is 3.84. The maximum atomic E-state index is 4.55. The minimum atomic E-state index is 1.01. The number of hydrogen-bond acceptors (Lipinski definition) is 3. The van der Waals surface area contributed by atoms with Crippen molar-refractivity contribution >= 4 is 33.5 Å². The number of benzene rings is 2. The molecule has 3 nitrogen and oxygen atoms in total. The van der Waals surface area contributed by atoms with E-state index in [0.29, 0.717) is 0 Å². The molecule has 0 radical (unpaired) electrons. The number of rotatable bonds is 1. The van der Waals surface area contributed by atoms with Crippen molar-refractivity contribution < 1.29 is 0 Å². The highest BCUT2D eigenvalue weighted by atomic mass is 32.1. The van der Waals surface area contributed by atoms with Gasteiger partial charge < -0.3 is 0 Å². The molecule has 4 heteroatoms. The number of hydrogen-bond donors (Lipinski definition) is 1. The van der Waals surface area contributed by atoms with Crippen LogP contribution in [0.5, 0.6) is 0 Å². The highest BCUT2D eigenvalue weighted by Crippen LogP contribution is 2.31. The molecular formula is C14H9N3S. The van der Waals surface area contributed by atoms with Crippen LogP contribution in [0.4, 0.5) is 0 Å². The predicted molar refractivity (Wildman–Crippen MR) is 74.7 cm³/mol. The third-order valence-corrected chi connectivity index (χ3v) is 3.72. The normalized spacial score (nSPS) is 11.3. The van der Waals surface area contributed by atoms with Gasteiger partial charge >= 0.3 is 0 Å². The van der Waals surface area contributed by atoms with E-state index in [4.69, 9.17) is 0 Å². The molecule has 2 heterocycles. The largest absolute Gasteiger partial charge is 0.293 e. The molecule has 0 amide bonds. The van der Waals surface area contributed by atoms with Gasteiger partial charge in [-0.25, -0.2) is 0 Å². The monoisotopic (exact) mass is 251 g/mol. The number of nitrogens with one attached hydrogen (secondary N) is 1. The molecule has 0 spiro atoms. The molecule has 0 atom stereocenters. The highest BCUT2D eigenvalue weighted by molar-refractivity contribution is 7.00. The Balaban J connectivity index is 2.09. The summed E-state index contributed by atoms with van der Waals surface area (Å²) >= 11 is 1.37. The molecule has 0 unspecified atom stereocenters. The molecule has 0 bridgehead atoms. The Bertz CT molecular complexity index is 830. The van der Waals surface area contributed by atoms with Gasteiger partial charge in [0.05, 0.1) is 11.2 Å². The Labute approximate surface area is 107 Å². The summed E-state index contributed by atoms with van der Waals surface area (Å²) in [4.78, 5) is 4.55. The molecule has 0 saturated heterocycles. The van der Waals surface area contributed by atoms with Crippen LogP contribution in [-0.2, 0) is 0 Å². The zero-order chi connectivity index (χ0) is 11.9. The Morgan fingerprint density at radius 2 is 1.83 bits per heavy atom. The first-order chi connectivity index (χ1) is 8.93. The minimum Gasteiger partial charge on any atom is -0.293 e. The summed E-state index contributed by atoms with van der Waals surface area (Å²) < 4.78 is 7.56. The van der Waals surface area contributed by atoms with Gasteiger partial charge in [-0.1, -0.05) is 30.3 Å². The third kappa shape index (κ3) is 1.29. The van der Waals surface area contributed by atoms with Crippen LogP contribution in [0.2, 0.25) is 0 Å². The summed E-state index contributed by atoms with van der Waals surface area (Å²) in [6.45, 7) is 0. The molecule has 4 rings (SSSR count). The average Bonchev–Trinajstić information content (AvgIpc) is 3.05. The van der Waals surface area contributed by atoms with Gasteiger partial charge in [-0.3, -0.25) is 9.36 Å². The van der Waals surface area contributed by atoms with Crippen LogP contribution in [0, 0.1) is 0 Å². The fourth-order valence-corrected chi connectivity index (χ4v) is 2.86. The molecule has 0 aliphatic carbocycles. The first kappa shape index (κ1) is 9.79. The van der Waals surface area contributed by atoms with E-state index in [-0.39, 0.29) is 0 Å². The SMILES string of the molecule is c1ccc(-c2ncc3c2ccc2[nH]snc23)cc1. The molecule has 0 fully saturated rings. The highest BCUT2D eigenvalue weighted by Gasteiger charge is 2.10. The van der Waals surface area contributed by atoms with Crippen LogP contribution in [0.25, 0.3) is 33.1 Å². The van der Waals surface area contributed by atoms with Crippen molar-refractivity contribution in [1.82, 2.24) is 13.7 Å². The molecule has 2 aromatic heterocycles. The van der Waals surface area contributed by atoms with Crippen molar-refractivity contribution in [3.63, 3.8) is 0 Å².